The zero-order chi connectivity index (χ0) is 20.0. The average Bonchev–Trinajstić information content (AvgIpc) is 2.89. The summed E-state index contributed by atoms with van der Waals surface area (Å²) in [6.45, 7) is 2.15. The van der Waals surface area contributed by atoms with Crippen molar-refractivity contribution < 1.29 is 9.90 Å². The van der Waals surface area contributed by atoms with Gasteiger partial charge >= 0.3 is 0 Å². The molecule has 0 aromatic heterocycles. The highest BCUT2D eigenvalue weighted by Crippen LogP contribution is 2.73. The van der Waals surface area contributed by atoms with Crippen molar-refractivity contribution in [2.75, 3.05) is 0 Å². The molecule has 3 fully saturated rings. The van der Waals surface area contributed by atoms with E-state index in [4.69, 9.17) is 47.1 Å². The van der Waals surface area contributed by atoms with Crippen molar-refractivity contribution >= 4 is 52.9 Å². The second-order valence-corrected chi connectivity index (χ2v) is 9.72. The molecule has 0 amide bonds. The van der Waals surface area contributed by atoms with Gasteiger partial charge in [0.05, 0.1) is 45.3 Å². The second kappa shape index (κ2) is 5.89. The van der Waals surface area contributed by atoms with Crippen LogP contribution in [-0.2, 0) is 4.79 Å². The van der Waals surface area contributed by atoms with E-state index in [1.165, 1.54) is 0 Å². The monoisotopic (exact) mass is 348 g/mol. The van der Waals surface area contributed by atoms with Gasteiger partial charge in [-0.15, -0.1) is 0 Å². The molecule has 0 bridgehead atoms. The van der Waals surface area contributed by atoms with E-state index in [-0.39, 0.29) is 35.2 Å². The fourth-order valence-corrected chi connectivity index (χ4v) is 7.43. The van der Waals surface area contributed by atoms with Crippen molar-refractivity contribution in [2.24, 2.45) is 23.2 Å². The fraction of sp³-hybridized carbons (Fsp3) is 0.842. The van der Waals surface area contributed by atoms with Crippen LogP contribution in [0.25, 0.3) is 0 Å². The highest BCUT2D eigenvalue weighted by atomic mass is 16.3. The quantitative estimate of drug-likeness (QED) is 0.724. The van der Waals surface area contributed by atoms with E-state index in [1.54, 1.807) is 0 Å². The van der Waals surface area contributed by atoms with Crippen molar-refractivity contribution in [3.8, 4) is 0 Å². The molecule has 0 spiro atoms. The molecule has 6 atom stereocenters. The largest absolute Gasteiger partial charge is 0.393 e. The summed E-state index contributed by atoms with van der Waals surface area (Å²) in [4.78, 5) is 12.6. The molecule has 3 saturated carbocycles. The maximum atomic E-state index is 12.6. The van der Waals surface area contributed by atoms with Gasteiger partial charge in [0.25, 0.3) is 0 Å². The van der Waals surface area contributed by atoms with Gasteiger partial charge in [0.1, 0.15) is 13.6 Å². The summed E-state index contributed by atoms with van der Waals surface area (Å²) >= 11 is 0. The molecular weight excluding hydrogens is 325 g/mol. The molecule has 0 aromatic carbocycles. The van der Waals surface area contributed by atoms with Gasteiger partial charge in [-0.05, 0) is 65.8 Å². The predicted octanol–water partition coefficient (Wildman–Crippen LogP) is 1.21. The molecule has 6 unspecified atom stereocenters. The Labute approximate surface area is 170 Å². The first-order valence-corrected chi connectivity index (χ1v) is 10.1. The van der Waals surface area contributed by atoms with Crippen LogP contribution < -0.4 is 0 Å². The number of hydrogen-bond donors (Lipinski definition) is 1. The Hall–Kier alpha value is -0.240. The molecule has 128 valence electrons. The molecule has 27 heavy (non-hydrogen) atoms. The first-order valence-electron chi connectivity index (χ1n) is 10.1. The lowest BCUT2D eigenvalue weighted by Gasteiger charge is -2.65. The number of aliphatic hydroxyl groups is 1. The summed E-state index contributed by atoms with van der Waals surface area (Å²) in [7, 11) is 38.4. The molecule has 2 nitrogen and oxygen atoms in total. The molecule has 0 heterocycles. The zero-order valence-corrected chi connectivity index (χ0v) is 16.1. The minimum absolute atomic E-state index is 0.0424. The summed E-state index contributed by atoms with van der Waals surface area (Å²) in [5.41, 5.74) is 0.263. The van der Waals surface area contributed by atoms with E-state index < -0.39 is 21.5 Å². The lowest BCUT2D eigenvalue weighted by molar-refractivity contribution is -0.117. The van der Waals surface area contributed by atoms with Crippen LogP contribution in [0.5, 0.6) is 0 Å². The molecule has 12 radical (unpaired) electrons. The van der Waals surface area contributed by atoms with E-state index in [0.717, 1.165) is 32.1 Å². The van der Waals surface area contributed by atoms with Gasteiger partial charge in [0, 0.05) is 0 Å². The van der Waals surface area contributed by atoms with Crippen LogP contribution in [0.4, 0.5) is 0 Å². The SMILES string of the molecule is [B]C1=C2C([B])([B])CC3C(CCC4(CC)C(O)CCC34)C2([B])CC([B])([B])C1=O. The molecule has 8 heteroatoms. The summed E-state index contributed by atoms with van der Waals surface area (Å²) in [5.74, 6) is -0.0435. The maximum Gasteiger partial charge on any atom is 0.137 e. The molecule has 1 N–H and O–H groups in total. The number of carbonyl (C=O) groups excluding carboxylic acids is 1. The molecule has 0 aromatic rings. The smallest absolute Gasteiger partial charge is 0.137 e. The topological polar surface area (TPSA) is 37.3 Å². The first kappa shape index (κ1) is 20.0. The van der Waals surface area contributed by atoms with Gasteiger partial charge in [-0.2, -0.15) is 0 Å². The summed E-state index contributed by atoms with van der Waals surface area (Å²) < 4.78 is 0. The van der Waals surface area contributed by atoms with Crippen LogP contribution in [0.2, 0.25) is 15.7 Å². The standard InChI is InChI=1S/C19H22B6O2/c1-2-16-6-5-11-9(10(16)3-4-12(16)26)7-18(22,23)14-13(20)15(27)19(24,25)8-17(11,14)21/h9-12,26H,2-8H2,1H3. The Morgan fingerprint density at radius 1 is 1.04 bits per heavy atom. The van der Waals surface area contributed by atoms with Crippen LogP contribution in [0.3, 0.4) is 0 Å². The third-order valence-electron chi connectivity index (χ3n) is 8.45. The Morgan fingerprint density at radius 2 is 1.70 bits per heavy atom. The molecule has 0 saturated heterocycles. The number of hydrogen-bond acceptors (Lipinski definition) is 2. The average molecular weight is 347 g/mol. The summed E-state index contributed by atoms with van der Waals surface area (Å²) in [5, 5.41) is 6.85. The third kappa shape index (κ3) is 2.47. The van der Waals surface area contributed by atoms with Crippen LogP contribution in [0.1, 0.15) is 51.9 Å². The van der Waals surface area contributed by atoms with Crippen molar-refractivity contribution in [1.82, 2.24) is 0 Å². The van der Waals surface area contributed by atoms with Gasteiger partial charge < -0.3 is 5.11 Å². The van der Waals surface area contributed by atoms with Crippen molar-refractivity contribution in [3.63, 3.8) is 0 Å². The Balaban J connectivity index is 1.85. The van der Waals surface area contributed by atoms with Crippen LogP contribution in [-0.4, -0.2) is 64.1 Å². The lowest BCUT2D eigenvalue weighted by atomic mass is 9.25. The van der Waals surface area contributed by atoms with Gasteiger partial charge in [-0.25, -0.2) is 0 Å². The highest BCUT2D eigenvalue weighted by molar-refractivity contribution is 6.59. The minimum Gasteiger partial charge on any atom is -0.393 e. The number of fused-ring (bicyclic) bond motifs is 5. The van der Waals surface area contributed by atoms with E-state index in [9.17, 15) is 9.90 Å². The van der Waals surface area contributed by atoms with Crippen LogP contribution in [0, 0.1) is 23.2 Å². The molecule has 4 aliphatic rings. The van der Waals surface area contributed by atoms with Crippen molar-refractivity contribution in [1.29, 1.82) is 0 Å². The lowest BCUT2D eigenvalue weighted by Crippen LogP contribution is -2.56. The number of aliphatic hydroxyl groups excluding tert-OH is 1. The minimum atomic E-state index is -1.62. The maximum absolute atomic E-state index is 12.6. The Bertz CT molecular complexity index is 719. The van der Waals surface area contributed by atoms with Gasteiger partial charge in [-0.1, -0.05) is 36.0 Å². The second-order valence-electron chi connectivity index (χ2n) is 9.72. The van der Waals surface area contributed by atoms with Gasteiger partial charge in [0.2, 0.25) is 0 Å². The number of allylic oxidation sites excluding steroid dienone is 1. The number of rotatable bonds is 1. The number of carbonyl (C=O) groups is 1. The van der Waals surface area contributed by atoms with E-state index in [1.807, 2.05) is 0 Å². The zero-order valence-electron chi connectivity index (χ0n) is 16.1. The van der Waals surface area contributed by atoms with Crippen molar-refractivity contribution in [3.05, 3.63) is 11.0 Å². The Kier molecular flexibility index (Phi) is 4.38. The van der Waals surface area contributed by atoms with E-state index >= 15 is 0 Å². The molecule has 4 aliphatic carbocycles. The summed E-state index contributed by atoms with van der Waals surface area (Å²) in [6, 6.07) is 0. The van der Waals surface area contributed by atoms with Crippen LogP contribution >= 0.6 is 0 Å². The third-order valence-corrected chi connectivity index (χ3v) is 8.45. The number of ketones is 1. The van der Waals surface area contributed by atoms with E-state index in [0.29, 0.717) is 17.9 Å². The highest BCUT2D eigenvalue weighted by Gasteiger charge is 2.63. The molecule has 0 aliphatic heterocycles. The van der Waals surface area contributed by atoms with Crippen molar-refractivity contribution in [2.45, 2.75) is 73.7 Å². The first-order chi connectivity index (χ1) is 12.4. The molecule has 4 rings (SSSR count). The molecular formula is C19H22B6O2. The summed E-state index contributed by atoms with van der Waals surface area (Å²) in [6.07, 6.45) is 4.64. The van der Waals surface area contributed by atoms with Gasteiger partial charge in [0.15, 0.2) is 0 Å². The van der Waals surface area contributed by atoms with Gasteiger partial charge in [-0.3, -0.25) is 4.79 Å². The Morgan fingerprint density at radius 3 is 2.33 bits per heavy atom. The normalized spacial score (nSPS) is 47.9. The van der Waals surface area contributed by atoms with E-state index in [2.05, 4.69) is 6.92 Å². The van der Waals surface area contributed by atoms with Crippen LogP contribution in [0.15, 0.2) is 11.0 Å². The number of Topliss-reactive ketones (excluding diaryl/α,β-unsaturated/α-hetero) is 1. The fourth-order valence-electron chi connectivity index (χ4n) is 7.43. The predicted molar refractivity (Wildman–Crippen MR) is 112 cm³/mol.